The van der Waals surface area contributed by atoms with Gasteiger partial charge < -0.3 is 0 Å². The van der Waals surface area contributed by atoms with Crippen molar-refractivity contribution in [2.75, 3.05) is 0 Å². The first-order chi connectivity index (χ1) is 13.7. The van der Waals surface area contributed by atoms with Crippen LogP contribution in [-0.4, -0.2) is 4.98 Å². The number of halogens is 1. The van der Waals surface area contributed by atoms with Crippen LogP contribution in [-0.2, 0) is 0 Å². The maximum atomic E-state index is 9.54. The third kappa shape index (κ3) is 3.20. The molecule has 28 heavy (non-hydrogen) atoms. The molecule has 0 aliphatic rings. The van der Waals surface area contributed by atoms with Crippen molar-refractivity contribution >= 4 is 40.2 Å². The van der Waals surface area contributed by atoms with E-state index >= 15 is 0 Å². The van der Waals surface area contributed by atoms with Gasteiger partial charge in [-0.15, -0.1) is 0 Å². The van der Waals surface area contributed by atoms with Crippen molar-refractivity contribution in [3.05, 3.63) is 114 Å². The quantitative estimate of drug-likeness (QED) is 0.380. The fraction of sp³-hybridized carbons (Fsp3) is 0. The van der Waals surface area contributed by atoms with Gasteiger partial charge in [0.1, 0.15) is 21.1 Å². The van der Waals surface area contributed by atoms with Gasteiger partial charge in [-0.1, -0.05) is 66.2 Å². The van der Waals surface area contributed by atoms with Crippen LogP contribution in [0, 0.1) is 11.3 Å². The van der Waals surface area contributed by atoms with Crippen LogP contribution < -0.4 is 21.3 Å². The van der Waals surface area contributed by atoms with E-state index < -0.39 is 7.26 Å². The molecular weight excluding hydrogens is 383 g/mol. The predicted molar refractivity (Wildman–Crippen MR) is 119 cm³/mol. The molecule has 0 saturated carbocycles. The fourth-order valence-electron chi connectivity index (χ4n) is 3.52. The van der Waals surface area contributed by atoms with E-state index in [0.717, 1.165) is 5.44 Å². The summed E-state index contributed by atoms with van der Waals surface area (Å²) in [6.07, 6.45) is 0. The normalized spacial score (nSPS) is 11.0. The molecule has 0 aliphatic carbocycles. The molecule has 0 amide bonds. The van der Waals surface area contributed by atoms with Gasteiger partial charge in [0.15, 0.2) is 7.26 Å². The Balaban J connectivity index is 2.17. The van der Waals surface area contributed by atoms with Crippen LogP contribution in [0.5, 0.6) is 0 Å². The number of nitrogens with zero attached hydrogens (tertiary/aromatic N) is 2. The molecule has 4 heteroatoms. The minimum absolute atomic E-state index is 0.334. The van der Waals surface area contributed by atoms with E-state index in [1.54, 1.807) is 6.07 Å². The Labute approximate surface area is 170 Å². The second-order valence-corrected chi connectivity index (χ2v) is 10.1. The summed E-state index contributed by atoms with van der Waals surface area (Å²) in [6, 6.07) is 36.9. The topological polar surface area (TPSA) is 36.7 Å². The van der Waals surface area contributed by atoms with Crippen LogP contribution in [0.2, 0.25) is 5.15 Å². The summed E-state index contributed by atoms with van der Waals surface area (Å²) in [4.78, 5) is 4.75. The van der Waals surface area contributed by atoms with Gasteiger partial charge >= 0.3 is 0 Å². The molecule has 0 spiro atoms. The van der Waals surface area contributed by atoms with Gasteiger partial charge in [0.2, 0.25) is 5.44 Å². The van der Waals surface area contributed by atoms with E-state index in [2.05, 4.69) is 42.5 Å². The van der Waals surface area contributed by atoms with E-state index in [1.165, 1.54) is 15.9 Å². The summed E-state index contributed by atoms with van der Waals surface area (Å²) in [5.74, 6) is 0. The molecule has 0 bridgehead atoms. The monoisotopic (exact) mass is 399 g/mol. The van der Waals surface area contributed by atoms with Gasteiger partial charge in [0, 0.05) is 6.07 Å². The smallest absolute Gasteiger partial charge is 0.200 e. The number of benzene rings is 3. The lowest BCUT2D eigenvalue weighted by Crippen LogP contribution is -2.40. The highest BCUT2D eigenvalue weighted by Crippen LogP contribution is 2.53. The Morgan fingerprint density at radius 1 is 0.679 bits per heavy atom. The molecule has 3 aromatic carbocycles. The van der Waals surface area contributed by atoms with Gasteiger partial charge in [0.05, 0.1) is 11.6 Å². The van der Waals surface area contributed by atoms with Gasteiger partial charge in [-0.25, -0.2) is 4.98 Å². The van der Waals surface area contributed by atoms with Crippen molar-refractivity contribution in [2.24, 2.45) is 0 Å². The summed E-state index contributed by atoms with van der Waals surface area (Å²) in [5.41, 5.74) is 1.35. The van der Waals surface area contributed by atoms with Crippen LogP contribution >= 0.6 is 18.9 Å². The fourth-order valence-corrected chi connectivity index (χ4v) is 7.92. The van der Waals surface area contributed by atoms with E-state index in [9.17, 15) is 5.26 Å². The van der Waals surface area contributed by atoms with E-state index in [1.807, 2.05) is 60.7 Å². The van der Waals surface area contributed by atoms with Crippen molar-refractivity contribution in [2.45, 2.75) is 0 Å². The van der Waals surface area contributed by atoms with Crippen LogP contribution in [0.25, 0.3) is 0 Å². The van der Waals surface area contributed by atoms with Crippen molar-refractivity contribution in [1.29, 1.82) is 5.26 Å². The maximum Gasteiger partial charge on any atom is 0.200 e. The molecular formula is C24H17ClN2P+. The van der Waals surface area contributed by atoms with Gasteiger partial charge in [-0.3, -0.25) is 0 Å². The summed E-state index contributed by atoms with van der Waals surface area (Å²) >= 11 is 6.35. The van der Waals surface area contributed by atoms with Crippen LogP contribution in [0.4, 0.5) is 0 Å². The lowest BCUT2D eigenvalue weighted by Gasteiger charge is -2.26. The van der Waals surface area contributed by atoms with Crippen molar-refractivity contribution in [3.8, 4) is 6.07 Å². The average Bonchev–Trinajstić information content (AvgIpc) is 2.76. The highest BCUT2D eigenvalue weighted by molar-refractivity contribution is 8.01. The zero-order chi connectivity index (χ0) is 19.4. The van der Waals surface area contributed by atoms with Crippen LogP contribution in [0.3, 0.4) is 0 Å². The van der Waals surface area contributed by atoms with Gasteiger partial charge in [-0.2, -0.15) is 5.26 Å². The molecule has 0 atom stereocenters. The first kappa shape index (κ1) is 18.4. The summed E-state index contributed by atoms with van der Waals surface area (Å²) in [6.45, 7) is 0. The molecule has 0 unspecified atom stereocenters. The Morgan fingerprint density at radius 2 is 1.11 bits per heavy atom. The van der Waals surface area contributed by atoms with Crippen molar-refractivity contribution in [1.82, 2.24) is 4.98 Å². The molecule has 1 aromatic heterocycles. The number of rotatable bonds is 4. The molecule has 0 saturated heterocycles. The van der Waals surface area contributed by atoms with E-state index in [4.69, 9.17) is 16.6 Å². The highest BCUT2D eigenvalue weighted by atomic mass is 35.5. The molecule has 1 heterocycles. The third-order valence-corrected chi connectivity index (χ3v) is 9.01. The minimum atomic E-state index is -2.32. The van der Waals surface area contributed by atoms with Crippen LogP contribution in [0.1, 0.15) is 5.56 Å². The first-order valence-electron chi connectivity index (χ1n) is 8.89. The second kappa shape index (κ2) is 7.95. The van der Waals surface area contributed by atoms with Crippen molar-refractivity contribution < 1.29 is 0 Å². The van der Waals surface area contributed by atoms with Crippen molar-refractivity contribution in [3.63, 3.8) is 0 Å². The van der Waals surface area contributed by atoms with E-state index in [-0.39, 0.29) is 0 Å². The zero-order valence-electron chi connectivity index (χ0n) is 15.0. The van der Waals surface area contributed by atoms with Gasteiger partial charge in [-0.05, 0) is 42.5 Å². The Hall–Kier alpha value is -2.98. The number of hydrogen-bond acceptors (Lipinski definition) is 2. The first-order valence-corrected chi connectivity index (χ1v) is 11.1. The molecule has 0 radical (unpaired) electrons. The maximum absolute atomic E-state index is 9.54. The molecule has 0 fully saturated rings. The zero-order valence-corrected chi connectivity index (χ0v) is 16.7. The Morgan fingerprint density at radius 3 is 1.50 bits per heavy atom. The molecule has 0 aliphatic heterocycles. The van der Waals surface area contributed by atoms with Gasteiger partial charge in [0.25, 0.3) is 0 Å². The minimum Gasteiger partial charge on any atom is -0.201 e. The second-order valence-electron chi connectivity index (χ2n) is 6.33. The Kier molecular flexibility index (Phi) is 5.22. The molecule has 4 rings (SSSR count). The molecule has 134 valence electrons. The summed E-state index contributed by atoms with van der Waals surface area (Å²) < 4.78 is 0. The van der Waals surface area contributed by atoms with E-state index in [0.29, 0.717) is 10.7 Å². The largest absolute Gasteiger partial charge is 0.201 e. The molecule has 0 N–H and O–H groups in total. The standard InChI is InChI=1S/C24H17ClN2P/c25-23-16-19(18-26)17-24(27-23)28(20-10-4-1-5-11-20,21-12-6-2-7-13-21)22-14-8-3-9-15-22/h1-17H/q+1. The Bertz CT molecular complexity index is 1030. The summed E-state index contributed by atoms with van der Waals surface area (Å²) in [7, 11) is -2.32. The molecule has 2 nitrogen and oxygen atoms in total. The lowest BCUT2D eigenvalue weighted by molar-refractivity contribution is 1.36. The number of pyridine rings is 1. The van der Waals surface area contributed by atoms with Crippen LogP contribution in [0.15, 0.2) is 103 Å². The number of nitriles is 1. The SMILES string of the molecule is N#Cc1cc(Cl)nc([P+](c2ccccc2)(c2ccccc2)c2ccccc2)c1. The number of hydrogen-bond donors (Lipinski definition) is 0. The average molecular weight is 400 g/mol. The molecule has 4 aromatic rings. The third-order valence-electron chi connectivity index (χ3n) is 4.68. The predicted octanol–water partition coefficient (Wildman–Crippen LogP) is 4.23. The summed E-state index contributed by atoms with van der Waals surface area (Å²) in [5, 5.41) is 13.4. The highest BCUT2D eigenvalue weighted by Gasteiger charge is 2.49. The number of aromatic nitrogens is 1. The lowest BCUT2D eigenvalue weighted by atomic mass is 10.3.